The largest absolute Gasteiger partial charge is 0.351 e. The maximum absolute atomic E-state index is 13.3. The smallest absolute Gasteiger partial charge is 0.327 e. The zero-order chi connectivity index (χ0) is 22.4. The summed E-state index contributed by atoms with van der Waals surface area (Å²) in [5, 5.41) is 12.0. The molecule has 1 saturated heterocycles. The van der Waals surface area contributed by atoms with Gasteiger partial charge in [0.05, 0.1) is 17.4 Å². The summed E-state index contributed by atoms with van der Waals surface area (Å²) < 4.78 is 0. The molecular formula is C24H23N5O2S2. The second-order valence-electron chi connectivity index (χ2n) is 8.43. The Kier molecular flexibility index (Phi) is 5.32. The van der Waals surface area contributed by atoms with E-state index in [1.165, 1.54) is 16.6 Å². The Hall–Kier alpha value is -2.88. The topological polar surface area (TPSA) is 86.4 Å². The Bertz CT molecular complexity index is 1190. The zero-order valence-corrected chi connectivity index (χ0v) is 19.4. The normalized spacial score (nSPS) is 23.7. The molecule has 3 aliphatic heterocycles. The molecule has 3 N–H and O–H groups in total. The molecule has 5 heterocycles. The third kappa shape index (κ3) is 3.70. The third-order valence-electron chi connectivity index (χ3n) is 6.34. The molecule has 0 saturated carbocycles. The van der Waals surface area contributed by atoms with Gasteiger partial charge >= 0.3 is 6.03 Å². The molecule has 33 heavy (non-hydrogen) atoms. The minimum Gasteiger partial charge on any atom is -0.351 e. The Labute approximate surface area is 200 Å². The maximum atomic E-state index is 13.3. The van der Waals surface area contributed by atoms with E-state index in [4.69, 9.17) is 0 Å². The lowest BCUT2D eigenvalue weighted by Crippen LogP contribution is -2.52. The lowest BCUT2D eigenvalue weighted by Gasteiger charge is -2.34. The van der Waals surface area contributed by atoms with Gasteiger partial charge in [0.1, 0.15) is 10.3 Å². The first kappa shape index (κ1) is 20.7. The Morgan fingerprint density at radius 1 is 1.18 bits per heavy atom. The van der Waals surface area contributed by atoms with Crippen LogP contribution in [0.3, 0.4) is 0 Å². The summed E-state index contributed by atoms with van der Waals surface area (Å²) in [5.41, 5.74) is 3.62. The highest BCUT2D eigenvalue weighted by molar-refractivity contribution is 8.01. The molecule has 2 unspecified atom stereocenters. The lowest BCUT2D eigenvalue weighted by atomic mass is 9.99. The van der Waals surface area contributed by atoms with E-state index in [1.54, 1.807) is 22.4 Å². The van der Waals surface area contributed by atoms with E-state index in [-0.39, 0.29) is 24.0 Å². The van der Waals surface area contributed by atoms with E-state index in [0.29, 0.717) is 0 Å². The first-order valence-electron chi connectivity index (χ1n) is 11.1. The van der Waals surface area contributed by atoms with Crippen LogP contribution in [0.5, 0.6) is 0 Å². The van der Waals surface area contributed by atoms with Crippen molar-refractivity contribution < 1.29 is 9.59 Å². The van der Waals surface area contributed by atoms with Crippen LogP contribution in [0, 0.1) is 0 Å². The standard InChI is InChI=1S/C24H23N5O2S2/c30-22(27-15-3-1-10-25-13-15)21-20-19-17(9-11-26-23(19)33-21)29(24(31)28-20)16-7-5-14(6-8-16)18-4-2-12-32-18/h2,4-9,11-12,15,20-21,25H,1,3,10,13H2,(H,27,30)(H,28,31)/t15?,20?,21-/m1/s1. The van der Waals surface area contributed by atoms with Crippen molar-refractivity contribution in [1.82, 2.24) is 20.9 Å². The SMILES string of the molecule is O=C(NC1CCCNC1)[C@@H]1Sc2nccc3c2C1NC(=O)N3c1ccc(-c2cccs2)cc1. The van der Waals surface area contributed by atoms with Crippen LogP contribution in [0.2, 0.25) is 0 Å². The van der Waals surface area contributed by atoms with Gasteiger partial charge in [0.2, 0.25) is 5.91 Å². The molecule has 0 bridgehead atoms. The zero-order valence-electron chi connectivity index (χ0n) is 17.8. The molecule has 0 radical (unpaired) electrons. The molecule has 7 nitrogen and oxygen atoms in total. The Morgan fingerprint density at radius 3 is 2.82 bits per heavy atom. The Morgan fingerprint density at radius 2 is 2.06 bits per heavy atom. The van der Waals surface area contributed by atoms with Crippen molar-refractivity contribution in [1.29, 1.82) is 0 Å². The number of nitrogens with one attached hydrogen (secondary N) is 3. The second kappa shape index (κ2) is 8.48. The summed E-state index contributed by atoms with van der Waals surface area (Å²) in [6.07, 6.45) is 3.74. The van der Waals surface area contributed by atoms with Crippen LogP contribution in [0.4, 0.5) is 16.2 Å². The van der Waals surface area contributed by atoms with E-state index >= 15 is 0 Å². The van der Waals surface area contributed by atoms with Gasteiger partial charge in [-0.15, -0.1) is 11.3 Å². The minimum atomic E-state index is -0.428. The van der Waals surface area contributed by atoms with Crippen molar-refractivity contribution >= 4 is 46.4 Å². The number of pyridine rings is 1. The molecule has 0 aliphatic carbocycles. The number of thiophene rings is 1. The minimum absolute atomic E-state index is 0.0447. The molecule has 0 spiro atoms. The number of carbonyl (C=O) groups is 2. The predicted molar refractivity (Wildman–Crippen MR) is 131 cm³/mol. The fourth-order valence-corrected chi connectivity index (χ4v) is 6.73. The van der Waals surface area contributed by atoms with Crippen molar-refractivity contribution in [3.8, 4) is 10.4 Å². The van der Waals surface area contributed by atoms with Crippen LogP contribution in [0.15, 0.2) is 59.1 Å². The van der Waals surface area contributed by atoms with Gasteiger partial charge in [-0.3, -0.25) is 9.69 Å². The number of hydrogen-bond acceptors (Lipinski definition) is 6. The van der Waals surface area contributed by atoms with Gasteiger partial charge in [0.25, 0.3) is 0 Å². The molecule has 9 heteroatoms. The van der Waals surface area contributed by atoms with Crippen LogP contribution >= 0.6 is 23.1 Å². The van der Waals surface area contributed by atoms with Gasteiger partial charge in [-0.05, 0) is 54.6 Å². The van der Waals surface area contributed by atoms with Gasteiger partial charge in [0.15, 0.2) is 0 Å². The van der Waals surface area contributed by atoms with Gasteiger partial charge < -0.3 is 16.0 Å². The number of aromatic nitrogens is 1. The van der Waals surface area contributed by atoms with Gasteiger partial charge in [-0.2, -0.15) is 0 Å². The van der Waals surface area contributed by atoms with E-state index in [9.17, 15) is 9.59 Å². The van der Waals surface area contributed by atoms with Crippen LogP contribution in [0.1, 0.15) is 24.4 Å². The summed E-state index contributed by atoms with van der Waals surface area (Å²) >= 11 is 3.12. The average Bonchev–Trinajstić information content (AvgIpc) is 3.50. The Balaban J connectivity index is 1.29. The van der Waals surface area contributed by atoms with Gasteiger partial charge in [-0.1, -0.05) is 30.0 Å². The lowest BCUT2D eigenvalue weighted by molar-refractivity contribution is -0.121. The molecule has 1 aromatic carbocycles. The van der Waals surface area contributed by atoms with E-state index in [0.717, 1.165) is 53.5 Å². The van der Waals surface area contributed by atoms with Crippen LogP contribution in [0.25, 0.3) is 10.4 Å². The first-order chi connectivity index (χ1) is 16.2. The molecule has 3 atom stereocenters. The summed E-state index contributed by atoms with van der Waals surface area (Å²) in [4.78, 5) is 33.8. The fraction of sp³-hybridized carbons (Fsp3) is 0.292. The van der Waals surface area contributed by atoms with Gasteiger partial charge in [-0.25, -0.2) is 9.78 Å². The average molecular weight is 478 g/mol. The number of amides is 3. The highest BCUT2D eigenvalue weighted by Gasteiger charge is 2.46. The first-order valence-corrected chi connectivity index (χ1v) is 12.9. The highest BCUT2D eigenvalue weighted by atomic mass is 32.2. The molecule has 3 amide bonds. The fourth-order valence-electron chi connectivity index (χ4n) is 4.76. The molecule has 168 valence electrons. The van der Waals surface area contributed by atoms with Crippen molar-refractivity contribution in [2.45, 2.75) is 35.2 Å². The molecule has 1 fully saturated rings. The molecule has 3 aromatic rings. The highest BCUT2D eigenvalue weighted by Crippen LogP contribution is 2.50. The van der Waals surface area contributed by atoms with E-state index < -0.39 is 5.25 Å². The maximum Gasteiger partial charge on any atom is 0.327 e. The van der Waals surface area contributed by atoms with Crippen molar-refractivity contribution in [2.24, 2.45) is 0 Å². The summed E-state index contributed by atoms with van der Waals surface area (Å²) in [5.74, 6) is -0.0447. The molecule has 3 aliphatic rings. The number of nitrogens with zero attached hydrogens (tertiary/aromatic N) is 2. The van der Waals surface area contributed by atoms with Crippen molar-refractivity contribution in [2.75, 3.05) is 18.0 Å². The van der Waals surface area contributed by atoms with Crippen LogP contribution in [-0.4, -0.2) is 41.3 Å². The molecular weight excluding hydrogens is 454 g/mol. The number of anilines is 2. The second-order valence-corrected chi connectivity index (χ2v) is 10.5. The summed E-state index contributed by atoms with van der Waals surface area (Å²) in [6, 6.07) is 13.5. The van der Waals surface area contributed by atoms with Crippen LogP contribution < -0.4 is 20.9 Å². The molecule has 6 rings (SSSR count). The number of carbonyl (C=O) groups excluding carboxylic acids is 2. The van der Waals surface area contributed by atoms with Crippen molar-refractivity contribution in [3.05, 3.63) is 59.6 Å². The number of piperidine rings is 1. The number of benzene rings is 1. The van der Waals surface area contributed by atoms with E-state index in [1.807, 2.05) is 36.4 Å². The molecule has 2 aromatic heterocycles. The quantitative estimate of drug-likeness (QED) is 0.528. The number of thioether (sulfide) groups is 1. The number of urea groups is 1. The van der Waals surface area contributed by atoms with Crippen molar-refractivity contribution in [3.63, 3.8) is 0 Å². The summed E-state index contributed by atoms with van der Waals surface area (Å²) in [6.45, 7) is 1.78. The summed E-state index contributed by atoms with van der Waals surface area (Å²) in [7, 11) is 0. The van der Waals surface area contributed by atoms with E-state index in [2.05, 4.69) is 32.4 Å². The monoisotopic (exact) mass is 477 g/mol. The third-order valence-corrected chi connectivity index (χ3v) is 8.55. The predicted octanol–water partition coefficient (Wildman–Crippen LogP) is 4.06. The number of rotatable bonds is 4. The van der Waals surface area contributed by atoms with Crippen LogP contribution in [-0.2, 0) is 4.79 Å². The number of hydrogen-bond donors (Lipinski definition) is 3. The van der Waals surface area contributed by atoms with Gasteiger partial charge in [0, 0.05) is 29.2 Å².